The van der Waals surface area contributed by atoms with Gasteiger partial charge in [-0.2, -0.15) is 0 Å². The Kier molecular flexibility index (Phi) is 4.78. The molecule has 0 radical (unpaired) electrons. The predicted molar refractivity (Wildman–Crippen MR) is 64.2 cm³/mol. The van der Waals surface area contributed by atoms with Gasteiger partial charge in [0.25, 0.3) is 0 Å². The summed E-state index contributed by atoms with van der Waals surface area (Å²) in [7, 11) is 0. The molecule has 1 aromatic heterocycles. The molecule has 0 aliphatic heterocycles. The van der Waals surface area contributed by atoms with Crippen LogP contribution in [0.3, 0.4) is 0 Å². The van der Waals surface area contributed by atoms with E-state index >= 15 is 0 Å². The summed E-state index contributed by atoms with van der Waals surface area (Å²) < 4.78 is 18.0. The van der Waals surface area contributed by atoms with Crippen LogP contribution in [0.4, 0.5) is 4.39 Å². The van der Waals surface area contributed by atoms with Crippen molar-refractivity contribution in [2.45, 2.75) is 32.8 Å². The van der Waals surface area contributed by atoms with Crippen molar-refractivity contribution in [1.29, 1.82) is 0 Å². The van der Waals surface area contributed by atoms with Crippen LogP contribution in [0, 0.1) is 11.7 Å². The van der Waals surface area contributed by atoms with E-state index in [9.17, 15) is 14.3 Å². The van der Waals surface area contributed by atoms with Crippen molar-refractivity contribution in [3.05, 3.63) is 29.8 Å². The first-order valence-corrected chi connectivity index (χ1v) is 5.93. The Morgan fingerprint density at radius 3 is 2.72 bits per heavy atom. The predicted octanol–water partition coefficient (Wildman–Crippen LogP) is 2.02. The molecule has 18 heavy (non-hydrogen) atoms. The van der Waals surface area contributed by atoms with E-state index in [0.29, 0.717) is 6.42 Å². The van der Waals surface area contributed by atoms with Gasteiger partial charge in [-0.1, -0.05) is 6.92 Å². The second kappa shape index (κ2) is 5.91. The molecule has 0 fully saturated rings. The Morgan fingerprint density at radius 1 is 1.56 bits per heavy atom. The molecular weight excluding hydrogens is 237 g/mol. The number of ether oxygens (including phenoxy) is 1. The van der Waals surface area contributed by atoms with E-state index in [-0.39, 0.29) is 12.2 Å². The summed E-state index contributed by atoms with van der Waals surface area (Å²) in [6, 6.07) is 1.18. The number of nitrogens with zero attached hydrogens (tertiary/aromatic N) is 1. The summed E-state index contributed by atoms with van der Waals surface area (Å²) in [5.41, 5.74) is -1.24. The third-order valence-electron chi connectivity index (χ3n) is 2.95. The van der Waals surface area contributed by atoms with E-state index < -0.39 is 23.3 Å². The van der Waals surface area contributed by atoms with Crippen molar-refractivity contribution in [3.63, 3.8) is 0 Å². The fourth-order valence-electron chi connectivity index (χ4n) is 1.93. The van der Waals surface area contributed by atoms with E-state index in [2.05, 4.69) is 4.98 Å². The Hall–Kier alpha value is -1.49. The van der Waals surface area contributed by atoms with Crippen LogP contribution in [-0.2, 0) is 15.1 Å². The number of halogens is 1. The molecule has 0 spiro atoms. The van der Waals surface area contributed by atoms with Crippen LogP contribution in [0.15, 0.2) is 18.5 Å². The Morgan fingerprint density at radius 2 is 2.22 bits per heavy atom. The average Bonchev–Trinajstić information content (AvgIpc) is 2.30. The van der Waals surface area contributed by atoms with Gasteiger partial charge in [-0.05, 0) is 26.3 Å². The molecule has 0 aliphatic carbocycles. The van der Waals surface area contributed by atoms with Crippen LogP contribution in [0.1, 0.15) is 32.8 Å². The topological polar surface area (TPSA) is 59.4 Å². The van der Waals surface area contributed by atoms with Gasteiger partial charge < -0.3 is 9.84 Å². The molecule has 0 bridgehead atoms. The molecule has 1 heterocycles. The van der Waals surface area contributed by atoms with Gasteiger partial charge in [0, 0.05) is 11.8 Å². The SMILES string of the molecule is CCOC(=O)C(CC)C(C)(O)c1cncc(F)c1. The minimum Gasteiger partial charge on any atom is -0.466 e. The summed E-state index contributed by atoms with van der Waals surface area (Å²) in [5.74, 6) is -1.79. The van der Waals surface area contributed by atoms with Gasteiger partial charge in [0.2, 0.25) is 0 Å². The maximum atomic E-state index is 13.1. The molecule has 4 nitrogen and oxygen atoms in total. The maximum Gasteiger partial charge on any atom is 0.312 e. The first-order chi connectivity index (χ1) is 8.43. The number of aliphatic hydroxyl groups is 1. The second-order valence-corrected chi connectivity index (χ2v) is 4.25. The van der Waals surface area contributed by atoms with Crippen LogP contribution in [0.2, 0.25) is 0 Å². The van der Waals surface area contributed by atoms with Gasteiger partial charge in [-0.25, -0.2) is 4.39 Å². The van der Waals surface area contributed by atoms with Crippen LogP contribution < -0.4 is 0 Å². The highest BCUT2D eigenvalue weighted by Crippen LogP contribution is 2.32. The Labute approximate surface area is 106 Å². The molecule has 1 N–H and O–H groups in total. The fourth-order valence-corrected chi connectivity index (χ4v) is 1.93. The molecule has 1 rings (SSSR count). The molecule has 5 heteroatoms. The zero-order valence-electron chi connectivity index (χ0n) is 10.8. The van der Waals surface area contributed by atoms with Gasteiger partial charge >= 0.3 is 5.97 Å². The first-order valence-electron chi connectivity index (χ1n) is 5.93. The van der Waals surface area contributed by atoms with Crippen molar-refractivity contribution in [2.75, 3.05) is 6.61 Å². The third kappa shape index (κ3) is 3.04. The van der Waals surface area contributed by atoms with Gasteiger partial charge in [0.15, 0.2) is 0 Å². The Balaban J connectivity index is 3.06. The number of carbonyl (C=O) groups is 1. The molecule has 0 saturated heterocycles. The number of hydrogen-bond acceptors (Lipinski definition) is 4. The third-order valence-corrected chi connectivity index (χ3v) is 2.95. The molecule has 2 unspecified atom stereocenters. The fraction of sp³-hybridized carbons (Fsp3) is 0.538. The summed E-state index contributed by atoms with van der Waals surface area (Å²) in [5, 5.41) is 10.5. The van der Waals surface area contributed by atoms with Crippen LogP contribution in [0.25, 0.3) is 0 Å². The summed E-state index contributed by atoms with van der Waals surface area (Å²) >= 11 is 0. The molecule has 0 aromatic carbocycles. The summed E-state index contributed by atoms with van der Waals surface area (Å²) in [6.07, 6.45) is 2.79. The Bertz CT molecular complexity index is 420. The lowest BCUT2D eigenvalue weighted by Gasteiger charge is -2.30. The van der Waals surface area contributed by atoms with E-state index in [1.807, 2.05) is 0 Å². The molecule has 0 amide bonds. The van der Waals surface area contributed by atoms with Gasteiger partial charge in [0.1, 0.15) is 11.4 Å². The number of pyridine rings is 1. The molecule has 100 valence electrons. The standard InChI is InChI=1S/C13H18FNO3/c1-4-11(12(16)18-5-2)13(3,17)9-6-10(14)8-15-7-9/h6-8,11,17H,4-5H2,1-3H3. The average molecular weight is 255 g/mol. The highest BCUT2D eigenvalue weighted by Gasteiger charge is 2.39. The highest BCUT2D eigenvalue weighted by molar-refractivity contribution is 5.74. The zero-order chi connectivity index (χ0) is 13.8. The molecular formula is C13H18FNO3. The quantitative estimate of drug-likeness (QED) is 0.818. The van der Waals surface area contributed by atoms with E-state index in [0.717, 1.165) is 6.20 Å². The maximum absolute atomic E-state index is 13.1. The number of rotatable bonds is 5. The van der Waals surface area contributed by atoms with Crippen molar-refractivity contribution in [3.8, 4) is 0 Å². The van der Waals surface area contributed by atoms with E-state index in [4.69, 9.17) is 4.74 Å². The number of esters is 1. The first kappa shape index (κ1) is 14.6. The number of aromatic nitrogens is 1. The molecule has 0 saturated carbocycles. The lowest BCUT2D eigenvalue weighted by atomic mass is 9.82. The number of carbonyl (C=O) groups excluding carboxylic acids is 1. The van der Waals surface area contributed by atoms with E-state index in [1.54, 1.807) is 13.8 Å². The monoisotopic (exact) mass is 255 g/mol. The lowest BCUT2D eigenvalue weighted by molar-refractivity contribution is -0.158. The van der Waals surface area contributed by atoms with Gasteiger partial charge in [0.05, 0.1) is 18.7 Å². The zero-order valence-corrected chi connectivity index (χ0v) is 10.8. The van der Waals surface area contributed by atoms with Crippen molar-refractivity contribution < 1.29 is 19.0 Å². The molecule has 0 aliphatic rings. The highest BCUT2D eigenvalue weighted by atomic mass is 19.1. The van der Waals surface area contributed by atoms with Crippen LogP contribution in [-0.4, -0.2) is 22.7 Å². The van der Waals surface area contributed by atoms with Crippen molar-refractivity contribution in [1.82, 2.24) is 4.98 Å². The lowest BCUT2D eigenvalue weighted by Crippen LogP contribution is -2.38. The summed E-state index contributed by atoms with van der Waals surface area (Å²) in [6.45, 7) is 5.17. The van der Waals surface area contributed by atoms with Crippen LogP contribution in [0.5, 0.6) is 0 Å². The second-order valence-electron chi connectivity index (χ2n) is 4.25. The largest absolute Gasteiger partial charge is 0.466 e. The van der Waals surface area contributed by atoms with Gasteiger partial charge in [-0.15, -0.1) is 0 Å². The summed E-state index contributed by atoms with van der Waals surface area (Å²) in [4.78, 5) is 15.5. The number of hydrogen-bond donors (Lipinski definition) is 1. The van der Waals surface area contributed by atoms with Gasteiger partial charge in [-0.3, -0.25) is 9.78 Å². The van der Waals surface area contributed by atoms with Crippen LogP contribution >= 0.6 is 0 Å². The smallest absolute Gasteiger partial charge is 0.312 e. The normalized spacial score (nSPS) is 15.8. The minimum atomic E-state index is -1.50. The molecule has 1 aromatic rings. The minimum absolute atomic E-state index is 0.243. The van der Waals surface area contributed by atoms with Crippen molar-refractivity contribution in [2.24, 2.45) is 5.92 Å². The molecule has 2 atom stereocenters. The van der Waals surface area contributed by atoms with E-state index in [1.165, 1.54) is 19.2 Å². The van der Waals surface area contributed by atoms with Crippen molar-refractivity contribution >= 4 is 5.97 Å².